The van der Waals surface area contributed by atoms with Gasteiger partial charge in [0, 0.05) is 13.1 Å². The minimum absolute atomic E-state index is 0.0683. The summed E-state index contributed by atoms with van der Waals surface area (Å²) in [5.74, 6) is -5.18. The monoisotopic (exact) mass is 627 g/mol. The van der Waals surface area contributed by atoms with Crippen LogP contribution in [0.2, 0.25) is 0 Å². The third kappa shape index (κ3) is 15.4. The zero-order chi connectivity index (χ0) is 34.1. The Bertz CT molecular complexity index is 1020. The lowest BCUT2D eigenvalue weighted by Gasteiger charge is -2.29. The summed E-state index contributed by atoms with van der Waals surface area (Å²) in [7, 11) is 0. The van der Waals surface area contributed by atoms with Gasteiger partial charge in [-0.1, -0.05) is 41.5 Å². The molecule has 44 heavy (non-hydrogen) atoms. The second kappa shape index (κ2) is 19.9. The molecule has 0 spiro atoms. The van der Waals surface area contributed by atoms with Crippen LogP contribution in [0.15, 0.2) is 9.98 Å². The molecule has 17 nitrogen and oxygen atoms in total. The molecule has 0 radical (unpaired) electrons. The van der Waals surface area contributed by atoms with Crippen LogP contribution in [0.3, 0.4) is 0 Å². The van der Waals surface area contributed by atoms with E-state index in [0.717, 1.165) is 0 Å². The number of rotatable bonds is 20. The van der Waals surface area contributed by atoms with Crippen molar-refractivity contribution in [2.24, 2.45) is 56.4 Å². The molecule has 5 atom stereocenters. The lowest BCUT2D eigenvalue weighted by molar-refractivity contribution is -0.143. The number of carbonyl (C=O) groups excluding carboxylic acids is 4. The van der Waals surface area contributed by atoms with Gasteiger partial charge in [-0.25, -0.2) is 4.79 Å². The van der Waals surface area contributed by atoms with Crippen molar-refractivity contribution in [1.29, 1.82) is 0 Å². The van der Waals surface area contributed by atoms with Gasteiger partial charge in [0.15, 0.2) is 11.9 Å². The summed E-state index contributed by atoms with van der Waals surface area (Å²) < 4.78 is 0. The van der Waals surface area contributed by atoms with Gasteiger partial charge in [-0.3, -0.25) is 29.2 Å². The minimum Gasteiger partial charge on any atom is -0.480 e. The van der Waals surface area contributed by atoms with E-state index in [9.17, 15) is 29.1 Å². The first-order valence-corrected chi connectivity index (χ1v) is 14.7. The Hall–Kier alpha value is -4.15. The summed E-state index contributed by atoms with van der Waals surface area (Å²) in [4.78, 5) is 71.9. The van der Waals surface area contributed by atoms with Crippen molar-refractivity contribution in [3.05, 3.63) is 0 Å². The van der Waals surface area contributed by atoms with Gasteiger partial charge in [-0.15, -0.1) is 0 Å². The van der Waals surface area contributed by atoms with Gasteiger partial charge in [0.2, 0.25) is 23.6 Å². The topological polar surface area (TPSA) is 309 Å². The van der Waals surface area contributed by atoms with E-state index in [1.807, 2.05) is 0 Å². The maximum absolute atomic E-state index is 13.4. The molecule has 15 N–H and O–H groups in total. The Morgan fingerprint density at radius 2 is 0.977 bits per heavy atom. The summed E-state index contributed by atoms with van der Waals surface area (Å²) in [6.07, 6.45) is 1.11. The van der Waals surface area contributed by atoms with Crippen molar-refractivity contribution in [3.8, 4) is 0 Å². The Morgan fingerprint density at radius 1 is 0.591 bits per heavy atom. The molecule has 0 aromatic rings. The summed E-state index contributed by atoms with van der Waals surface area (Å²) in [6, 6.07) is -5.36. The van der Waals surface area contributed by atoms with E-state index in [4.69, 9.17) is 28.7 Å². The Labute approximate surface area is 259 Å². The highest BCUT2D eigenvalue weighted by molar-refractivity contribution is 5.95. The Balaban J connectivity index is 5.73. The van der Waals surface area contributed by atoms with Gasteiger partial charge in [-0.2, -0.15) is 0 Å². The molecule has 0 unspecified atom stereocenters. The fourth-order valence-electron chi connectivity index (χ4n) is 4.03. The average Bonchev–Trinajstić information content (AvgIpc) is 2.91. The molecule has 0 rings (SSSR count). The van der Waals surface area contributed by atoms with Crippen molar-refractivity contribution in [2.75, 3.05) is 13.1 Å². The van der Waals surface area contributed by atoms with Crippen LogP contribution in [0.4, 0.5) is 0 Å². The highest BCUT2D eigenvalue weighted by atomic mass is 16.4. The highest BCUT2D eigenvalue weighted by Crippen LogP contribution is 2.10. The fourth-order valence-corrected chi connectivity index (χ4v) is 4.03. The molecule has 0 aliphatic carbocycles. The quantitative estimate of drug-likeness (QED) is 0.0379. The van der Waals surface area contributed by atoms with Gasteiger partial charge in [0.1, 0.15) is 24.2 Å². The number of carboxylic acids is 1. The van der Waals surface area contributed by atoms with Crippen LogP contribution >= 0.6 is 0 Å². The standard InChI is InChI=1S/C27H53N11O6/c1-13(2)18(37-24(42)19(14(3)4)36-21(39)16(28)9-7-11-33-26(29)30)23(41)35-17(10-8-12-34-27(31)32)22(40)38-20(15(5)6)25(43)44/h13-20H,7-12,28H2,1-6H3,(H,35,41)(H,36,39)(H,37,42)(H,38,40)(H,43,44)(H4,29,30,33)(H4,31,32,34)/t16-,17-,18-,19-,20-/m0/s1. The SMILES string of the molecule is CC(C)[C@H](NC(=O)[C@H](CCCN=C(N)N)NC(=O)[C@@H](NC(=O)[C@@H](NC(=O)[C@@H](N)CCCN=C(N)N)C(C)C)C(C)C)C(=O)O. The molecule has 0 bridgehead atoms. The zero-order valence-corrected chi connectivity index (χ0v) is 26.6. The number of guanidine groups is 2. The molecule has 0 aromatic heterocycles. The highest BCUT2D eigenvalue weighted by Gasteiger charge is 2.34. The van der Waals surface area contributed by atoms with Crippen molar-refractivity contribution >= 4 is 41.5 Å². The Kier molecular flexibility index (Phi) is 18.0. The predicted molar refractivity (Wildman–Crippen MR) is 168 cm³/mol. The van der Waals surface area contributed by atoms with E-state index in [0.29, 0.717) is 19.4 Å². The van der Waals surface area contributed by atoms with Gasteiger partial charge in [-0.05, 0) is 43.4 Å². The molecular weight excluding hydrogens is 574 g/mol. The van der Waals surface area contributed by atoms with E-state index in [2.05, 4.69) is 31.3 Å². The van der Waals surface area contributed by atoms with Crippen LogP contribution in [-0.4, -0.2) is 89.9 Å². The Morgan fingerprint density at radius 3 is 1.39 bits per heavy atom. The van der Waals surface area contributed by atoms with Crippen LogP contribution in [-0.2, 0) is 24.0 Å². The van der Waals surface area contributed by atoms with Crippen molar-refractivity contribution < 1.29 is 29.1 Å². The van der Waals surface area contributed by atoms with Gasteiger partial charge >= 0.3 is 5.97 Å². The number of hydrogen-bond donors (Lipinski definition) is 10. The number of hydrogen-bond acceptors (Lipinski definition) is 8. The summed E-state index contributed by atoms with van der Waals surface area (Å²) in [6.45, 7) is 10.6. The third-order valence-electron chi connectivity index (χ3n) is 6.61. The number of nitrogens with zero attached hydrogens (tertiary/aromatic N) is 2. The minimum atomic E-state index is -1.22. The maximum atomic E-state index is 13.4. The largest absolute Gasteiger partial charge is 0.480 e. The summed E-state index contributed by atoms with van der Waals surface area (Å²) in [5, 5.41) is 19.9. The molecule has 0 saturated heterocycles. The first-order valence-electron chi connectivity index (χ1n) is 14.7. The second-order valence-corrected chi connectivity index (χ2v) is 11.6. The lowest BCUT2D eigenvalue weighted by Crippen LogP contribution is -2.60. The third-order valence-corrected chi connectivity index (χ3v) is 6.61. The predicted octanol–water partition coefficient (Wildman–Crippen LogP) is -2.59. The number of amides is 4. The molecule has 252 valence electrons. The van der Waals surface area contributed by atoms with Crippen LogP contribution in [0.25, 0.3) is 0 Å². The second-order valence-electron chi connectivity index (χ2n) is 11.6. The molecule has 0 fully saturated rings. The molecule has 0 saturated carbocycles. The maximum Gasteiger partial charge on any atom is 0.326 e. The molecule has 4 amide bonds. The van der Waals surface area contributed by atoms with Crippen molar-refractivity contribution in [2.45, 2.75) is 97.4 Å². The molecule has 0 aliphatic rings. The van der Waals surface area contributed by atoms with E-state index in [-0.39, 0.29) is 37.2 Å². The number of aliphatic imine (C=N–C) groups is 2. The molecule has 17 heteroatoms. The lowest BCUT2D eigenvalue weighted by atomic mass is 9.98. The molecule has 0 aliphatic heterocycles. The van der Waals surface area contributed by atoms with E-state index in [1.54, 1.807) is 41.5 Å². The van der Waals surface area contributed by atoms with Gasteiger partial charge in [0.25, 0.3) is 0 Å². The van der Waals surface area contributed by atoms with Gasteiger partial charge < -0.3 is 55.0 Å². The number of nitrogens with two attached hydrogens (primary N) is 5. The first-order chi connectivity index (χ1) is 20.4. The van der Waals surface area contributed by atoms with Crippen LogP contribution in [0.5, 0.6) is 0 Å². The normalized spacial score (nSPS) is 14.5. The molecule has 0 aromatic carbocycles. The number of carbonyl (C=O) groups is 5. The number of carboxylic acid groups (broad SMARTS) is 1. The zero-order valence-electron chi connectivity index (χ0n) is 26.6. The summed E-state index contributed by atoms with van der Waals surface area (Å²) >= 11 is 0. The van der Waals surface area contributed by atoms with Crippen molar-refractivity contribution in [3.63, 3.8) is 0 Å². The van der Waals surface area contributed by atoms with Crippen LogP contribution in [0.1, 0.15) is 67.2 Å². The van der Waals surface area contributed by atoms with Crippen LogP contribution < -0.4 is 49.9 Å². The first kappa shape index (κ1) is 39.8. The van der Waals surface area contributed by atoms with E-state index >= 15 is 0 Å². The van der Waals surface area contributed by atoms with Gasteiger partial charge in [0.05, 0.1) is 6.04 Å². The van der Waals surface area contributed by atoms with E-state index < -0.39 is 71.6 Å². The molecular formula is C27H53N11O6. The number of aliphatic carboxylic acids is 1. The van der Waals surface area contributed by atoms with E-state index in [1.165, 1.54) is 0 Å². The van der Waals surface area contributed by atoms with Crippen molar-refractivity contribution in [1.82, 2.24) is 21.3 Å². The number of nitrogens with one attached hydrogen (secondary N) is 4. The fraction of sp³-hybridized carbons (Fsp3) is 0.741. The smallest absolute Gasteiger partial charge is 0.326 e. The van der Waals surface area contributed by atoms with Crippen LogP contribution in [0, 0.1) is 17.8 Å². The summed E-state index contributed by atoms with van der Waals surface area (Å²) in [5.41, 5.74) is 27.3. The molecule has 0 heterocycles. The average molecular weight is 628 g/mol.